The molecule has 0 bridgehead atoms. The van der Waals surface area contributed by atoms with Crippen LogP contribution in [0.2, 0.25) is 0 Å². The molecule has 0 fully saturated rings. The van der Waals surface area contributed by atoms with Crippen LogP contribution in [-0.4, -0.2) is 23.4 Å². The summed E-state index contributed by atoms with van der Waals surface area (Å²) in [4.78, 5) is 11.1. The summed E-state index contributed by atoms with van der Waals surface area (Å²) in [5.41, 5.74) is 0. The third-order valence-corrected chi connectivity index (χ3v) is 3.10. The van der Waals surface area contributed by atoms with Gasteiger partial charge in [0.2, 0.25) is 0 Å². The summed E-state index contributed by atoms with van der Waals surface area (Å²) >= 11 is 1.70. The van der Waals surface area contributed by atoms with Gasteiger partial charge in [0.1, 0.15) is 17.6 Å². The van der Waals surface area contributed by atoms with Crippen molar-refractivity contribution in [2.75, 3.05) is 6.26 Å². The maximum atomic E-state index is 11.1. The van der Waals surface area contributed by atoms with E-state index >= 15 is 0 Å². The normalized spacial score (nSPS) is 12.9. The number of carboxylic acid groups (broad SMARTS) is 1. The lowest BCUT2D eigenvalue weighted by Gasteiger charge is -2.15. The van der Waals surface area contributed by atoms with Gasteiger partial charge in [-0.15, -0.1) is 0 Å². The van der Waals surface area contributed by atoms with E-state index in [0.29, 0.717) is 18.9 Å². The average Bonchev–Trinajstić information content (AvgIpc) is 2.72. The second kappa shape index (κ2) is 7.48. The molecule has 102 valence electrons. The van der Waals surface area contributed by atoms with Crippen molar-refractivity contribution in [3.63, 3.8) is 0 Å². The van der Waals surface area contributed by atoms with E-state index in [1.165, 1.54) is 0 Å². The molecule has 0 spiro atoms. The number of hydrogen-bond donors (Lipinski definition) is 2. The predicted octanol–water partition coefficient (Wildman–Crippen LogP) is 2.73. The third kappa shape index (κ3) is 5.14. The Morgan fingerprint density at radius 2 is 2.11 bits per heavy atom. The highest BCUT2D eigenvalue weighted by atomic mass is 32.2. The first-order chi connectivity index (χ1) is 8.52. The van der Waals surface area contributed by atoms with Gasteiger partial charge in [0.15, 0.2) is 0 Å². The van der Waals surface area contributed by atoms with Gasteiger partial charge in [0.25, 0.3) is 0 Å². The summed E-state index contributed by atoms with van der Waals surface area (Å²) in [7, 11) is 0. The Morgan fingerprint density at radius 3 is 2.67 bits per heavy atom. The zero-order chi connectivity index (χ0) is 13.5. The molecule has 0 aliphatic carbocycles. The Morgan fingerprint density at radius 1 is 1.44 bits per heavy atom. The van der Waals surface area contributed by atoms with Crippen LogP contribution in [0.4, 0.5) is 0 Å². The summed E-state index contributed by atoms with van der Waals surface area (Å²) in [5.74, 6) is 2.10. The maximum absolute atomic E-state index is 11.1. The van der Waals surface area contributed by atoms with Crippen LogP contribution in [-0.2, 0) is 17.1 Å². The summed E-state index contributed by atoms with van der Waals surface area (Å²) in [5, 5.41) is 12.1. The molecule has 1 heterocycles. The Kier molecular flexibility index (Phi) is 6.29. The summed E-state index contributed by atoms with van der Waals surface area (Å²) in [6.45, 7) is 4.49. The van der Waals surface area contributed by atoms with E-state index in [0.717, 1.165) is 17.3 Å². The lowest BCUT2D eigenvalue weighted by molar-refractivity contribution is -0.140. The van der Waals surface area contributed by atoms with Gasteiger partial charge in [-0.1, -0.05) is 13.8 Å². The van der Waals surface area contributed by atoms with Crippen molar-refractivity contribution in [2.24, 2.45) is 5.92 Å². The van der Waals surface area contributed by atoms with Gasteiger partial charge in [-0.05, 0) is 30.7 Å². The molecule has 5 heteroatoms. The highest BCUT2D eigenvalue weighted by molar-refractivity contribution is 7.97. The molecule has 1 aromatic rings. The quantitative estimate of drug-likeness (QED) is 0.761. The number of carboxylic acids is 1. The van der Waals surface area contributed by atoms with Crippen LogP contribution in [0.5, 0.6) is 0 Å². The van der Waals surface area contributed by atoms with Crippen molar-refractivity contribution in [2.45, 2.75) is 38.6 Å². The van der Waals surface area contributed by atoms with Gasteiger partial charge in [0, 0.05) is 0 Å². The van der Waals surface area contributed by atoms with E-state index < -0.39 is 12.0 Å². The van der Waals surface area contributed by atoms with Gasteiger partial charge >= 0.3 is 5.97 Å². The van der Waals surface area contributed by atoms with Gasteiger partial charge in [-0.25, -0.2) is 0 Å². The van der Waals surface area contributed by atoms with Crippen molar-refractivity contribution in [3.8, 4) is 0 Å². The largest absolute Gasteiger partial charge is 0.480 e. The highest BCUT2D eigenvalue weighted by Crippen LogP contribution is 2.14. The zero-order valence-corrected chi connectivity index (χ0v) is 11.9. The standard InChI is InChI=1S/C13H21NO3S/c1-9(2)6-12(13(15)16)14-7-10-4-5-11(17-10)8-18-3/h4-5,9,12,14H,6-8H2,1-3H3,(H,15,16). The number of nitrogens with one attached hydrogen (secondary N) is 1. The number of hydrogen-bond acceptors (Lipinski definition) is 4. The molecular formula is C13H21NO3S. The molecule has 0 aliphatic rings. The van der Waals surface area contributed by atoms with Crippen LogP contribution >= 0.6 is 11.8 Å². The maximum Gasteiger partial charge on any atom is 0.320 e. The number of rotatable bonds is 8. The smallest absolute Gasteiger partial charge is 0.320 e. The van der Waals surface area contributed by atoms with E-state index in [9.17, 15) is 4.79 Å². The van der Waals surface area contributed by atoms with Gasteiger partial charge in [-0.3, -0.25) is 10.1 Å². The van der Waals surface area contributed by atoms with Crippen LogP contribution in [0.15, 0.2) is 16.5 Å². The fraction of sp³-hybridized carbons (Fsp3) is 0.615. The summed E-state index contributed by atoms with van der Waals surface area (Å²) in [6.07, 6.45) is 2.64. The monoisotopic (exact) mass is 271 g/mol. The Labute approximate surface area is 112 Å². The number of carbonyl (C=O) groups is 1. The summed E-state index contributed by atoms with van der Waals surface area (Å²) in [6, 6.07) is 3.32. The molecule has 1 unspecified atom stereocenters. The molecule has 4 nitrogen and oxygen atoms in total. The Balaban J connectivity index is 2.47. The van der Waals surface area contributed by atoms with Crippen LogP contribution in [0.3, 0.4) is 0 Å². The van der Waals surface area contributed by atoms with E-state index in [2.05, 4.69) is 5.32 Å². The second-order valence-electron chi connectivity index (χ2n) is 4.70. The van der Waals surface area contributed by atoms with E-state index in [-0.39, 0.29) is 0 Å². The van der Waals surface area contributed by atoms with E-state index in [1.807, 2.05) is 32.2 Å². The number of aliphatic carboxylic acids is 1. The molecule has 0 amide bonds. The van der Waals surface area contributed by atoms with Crippen LogP contribution in [0.25, 0.3) is 0 Å². The predicted molar refractivity (Wildman–Crippen MR) is 73.6 cm³/mol. The first kappa shape index (κ1) is 15.1. The average molecular weight is 271 g/mol. The molecule has 0 aliphatic heterocycles. The molecule has 1 aromatic heterocycles. The Hall–Kier alpha value is -0.940. The van der Waals surface area contributed by atoms with Crippen molar-refractivity contribution >= 4 is 17.7 Å². The first-order valence-electron chi connectivity index (χ1n) is 6.05. The van der Waals surface area contributed by atoms with E-state index in [4.69, 9.17) is 9.52 Å². The fourth-order valence-electron chi connectivity index (χ4n) is 1.70. The second-order valence-corrected chi connectivity index (χ2v) is 5.57. The molecule has 0 aromatic carbocycles. The minimum Gasteiger partial charge on any atom is -0.480 e. The Bertz CT molecular complexity index is 376. The van der Waals surface area contributed by atoms with Crippen molar-refractivity contribution in [1.29, 1.82) is 0 Å². The first-order valence-corrected chi connectivity index (χ1v) is 7.45. The molecule has 1 atom stereocenters. The van der Waals surface area contributed by atoms with Crippen LogP contribution < -0.4 is 5.32 Å². The molecule has 1 rings (SSSR count). The van der Waals surface area contributed by atoms with Crippen molar-refractivity contribution in [1.82, 2.24) is 5.32 Å². The van der Waals surface area contributed by atoms with Gasteiger partial charge < -0.3 is 9.52 Å². The minimum atomic E-state index is -0.806. The highest BCUT2D eigenvalue weighted by Gasteiger charge is 2.18. The topological polar surface area (TPSA) is 62.5 Å². The number of furan rings is 1. The van der Waals surface area contributed by atoms with Crippen molar-refractivity contribution in [3.05, 3.63) is 23.7 Å². The van der Waals surface area contributed by atoms with Crippen LogP contribution in [0.1, 0.15) is 31.8 Å². The molecule has 0 saturated carbocycles. The van der Waals surface area contributed by atoms with Gasteiger partial charge in [-0.2, -0.15) is 11.8 Å². The van der Waals surface area contributed by atoms with Gasteiger partial charge in [0.05, 0.1) is 12.3 Å². The number of thioether (sulfide) groups is 1. The lowest BCUT2D eigenvalue weighted by atomic mass is 10.0. The van der Waals surface area contributed by atoms with Crippen LogP contribution in [0, 0.1) is 5.92 Å². The fourth-order valence-corrected chi connectivity index (χ4v) is 2.14. The lowest BCUT2D eigenvalue weighted by Crippen LogP contribution is -2.37. The third-order valence-electron chi connectivity index (χ3n) is 2.53. The molecule has 2 N–H and O–H groups in total. The zero-order valence-electron chi connectivity index (χ0n) is 11.1. The molecular weight excluding hydrogens is 250 g/mol. The molecule has 0 radical (unpaired) electrons. The molecule has 18 heavy (non-hydrogen) atoms. The minimum absolute atomic E-state index is 0.349. The van der Waals surface area contributed by atoms with Crippen molar-refractivity contribution < 1.29 is 14.3 Å². The SMILES string of the molecule is CSCc1ccc(CNC(CC(C)C)C(=O)O)o1. The summed E-state index contributed by atoms with van der Waals surface area (Å²) < 4.78 is 5.58. The van der Waals surface area contributed by atoms with E-state index in [1.54, 1.807) is 11.8 Å². The molecule has 0 saturated heterocycles.